The van der Waals surface area contributed by atoms with Crippen LogP contribution in [-0.4, -0.2) is 11.2 Å². The average molecular weight is 191 g/mol. The molecule has 0 aromatic rings. The molecule has 0 rings (SSSR count). The smallest absolute Gasteiger partial charge is 0.118 e. The zero-order valence-corrected chi connectivity index (χ0v) is 7.50. The SMILES string of the molecule is CC(C)O.ClC=C(Cl)Cl. The fourth-order valence-electron chi connectivity index (χ4n) is 0. The number of rotatable bonds is 0. The van der Waals surface area contributed by atoms with Crippen molar-refractivity contribution in [2.75, 3.05) is 0 Å². The molecule has 0 aromatic carbocycles. The van der Waals surface area contributed by atoms with Crippen LogP contribution in [-0.2, 0) is 0 Å². The number of halogens is 3. The lowest BCUT2D eigenvalue weighted by atomic mass is 10.5. The minimum Gasteiger partial charge on any atom is -0.394 e. The Bertz CT molecular complexity index is 73.5. The first kappa shape index (κ1) is 12.3. The van der Waals surface area contributed by atoms with Gasteiger partial charge in [-0.05, 0) is 13.8 Å². The molecule has 0 amide bonds. The van der Waals surface area contributed by atoms with Crippen LogP contribution in [0.4, 0.5) is 0 Å². The van der Waals surface area contributed by atoms with Crippen molar-refractivity contribution in [1.82, 2.24) is 0 Å². The van der Waals surface area contributed by atoms with Crippen LogP contribution >= 0.6 is 34.8 Å². The second kappa shape index (κ2) is 8.57. The summed E-state index contributed by atoms with van der Waals surface area (Å²) in [5, 5.41) is 8.06. The van der Waals surface area contributed by atoms with Crippen LogP contribution < -0.4 is 0 Å². The molecule has 56 valence electrons. The van der Waals surface area contributed by atoms with Crippen LogP contribution in [0, 0.1) is 0 Å². The summed E-state index contributed by atoms with van der Waals surface area (Å²) >= 11 is 14.8. The van der Waals surface area contributed by atoms with Crippen LogP contribution in [0.5, 0.6) is 0 Å². The molecule has 0 aliphatic carbocycles. The Balaban J connectivity index is 0. The summed E-state index contributed by atoms with van der Waals surface area (Å²) in [6.45, 7) is 3.44. The van der Waals surface area contributed by atoms with Crippen molar-refractivity contribution in [2.24, 2.45) is 0 Å². The van der Waals surface area contributed by atoms with Gasteiger partial charge in [-0.2, -0.15) is 0 Å². The van der Waals surface area contributed by atoms with Crippen molar-refractivity contribution in [3.8, 4) is 0 Å². The summed E-state index contributed by atoms with van der Waals surface area (Å²) in [5.74, 6) is 0. The highest BCUT2D eigenvalue weighted by Gasteiger charge is 1.70. The highest BCUT2D eigenvalue weighted by molar-refractivity contribution is 6.58. The zero-order chi connectivity index (χ0) is 7.86. The van der Waals surface area contributed by atoms with E-state index in [1.807, 2.05) is 0 Å². The largest absolute Gasteiger partial charge is 0.394 e. The van der Waals surface area contributed by atoms with E-state index < -0.39 is 0 Å². The number of aliphatic hydroxyl groups is 1. The van der Waals surface area contributed by atoms with Gasteiger partial charge in [-0.25, -0.2) is 0 Å². The van der Waals surface area contributed by atoms with Crippen LogP contribution in [0.1, 0.15) is 13.8 Å². The lowest BCUT2D eigenvalue weighted by Crippen LogP contribution is -1.85. The average Bonchev–Trinajstić information content (AvgIpc) is 1.65. The van der Waals surface area contributed by atoms with Crippen molar-refractivity contribution >= 4 is 34.8 Å². The fourth-order valence-corrected chi connectivity index (χ4v) is 0. The molecule has 0 heterocycles. The van der Waals surface area contributed by atoms with Gasteiger partial charge in [0.15, 0.2) is 0 Å². The van der Waals surface area contributed by atoms with Crippen LogP contribution in [0.3, 0.4) is 0 Å². The summed E-state index contributed by atoms with van der Waals surface area (Å²) in [6, 6.07) is 0. The van der Waals surface area contributed by atoms with E-state index in [0.717, 1.165) is 5.54 Å². The van der Waals surface area contributed by atoms with E-state index >= 15 is 0 Å². The molecule has 0 aliphatic rings. The number of hydrogen-bond donors (Lipinski definition) is 1. The third-order valence-electron chi connectivity index (χ3n) is 0.0825. The summed E-state index contributed by atoms with van der Waals surface area (Å²) in [7, 11) is 0. The molecule has 1 nitrogen and oxygen atoms in total. The molecule has 0 bridgehead atoms. The van der Waals surface area contributed by atoms with E-state index in [0.29, 0.717) is 0 Å². The molecule has 0 unspecified atom stereocenters. The van der Waals surface area contributed by atoms with Crippen molar-refractivity contribution in [2.45, 2.75) is 20.0 Å². The molecule has 0 atom stereocenters. The van der Waals surface area contributed by atoms with E-state index in [4.69, 9.17) is 39.9 Å². The Hall–Kier alpha value is 0.570. The summed E-state index contributed by atoms with van der Waals surface area (Å²) < 4.78 is 0.0895. The summed E-state index contributed by atoms with van der Waals surface area (Å²) in [5.41, 5.74) is 1.09. The van der Waals surface area contributed by atoms with Gasteiger partial charge in [-0.15, -0.1) is 0 Å². The first-order valence-electron chi connectivity index (χ1n) is 2.30. The van der Waals surface area contributed by atoms with Gasteiger partial charge in [0.05, 0.1) is 0 Å². The van der Waals surface area contributed by atoms with Crippen molar-refractivity contribution in [3.05, 3.63) is 10.0 Å². The van der Waals surface area contributed by atoms with Crippen molar-refractivity contribution in [1.29, 1.82) is 0 Å². The standard InChI is InChI=1S/C3H8O.C2HCl3/c1-3(2)4;3-1-2(4)5/h3-4H,1-2H3;1H. The van der Waals surface area contributed by atoms with Gasteiger partial charge in [-0.3, -0.25) is 0 Å². The quantitative estimate of drug-likeness (QED) is 0.624. The monoisotopic (exact) mass is 190 g/mol. The molecule has 0 aliphatic heterocycles. The molecular weight excluding hydrogens is 182 g/mol. The van der Waals surface area contributed by atoms with E-state index in [-0.39, 0.29) is 10.6 Å². The summed E-state index contributed by atoms with van der Waals surface area (Å²) in [4.78, 5) is 0. The Kier molecular flexibility index (Phi) is 11.7. The second-order valence-electron chi connectivity index (χ2n) is 1.49. The van der Waals surface area contributed by atoms with Gasteiger partial charge in [0, 0.05) is 11.6 Å². The Morgan fingerprint density at radius 2 is 1.56 bits per heavy atom. The van der Waals surface area contributed by atoms with Gasteiger partial charge in [0.2, 0.25) is 0 Å². The lowest BCUT2D eigenvalue weighted by molar-refractivity contribution is 0.216. The van der Waals surface area contributed by atoms with Gasteiger partial charge >= 0.3 is 0 Å². The van der Waals surface area contributed by atoms with E-state index in [1.165, 1.54) is 0 Å². The van der Waals surface area contributed by atoms with Crippen LogP contribution in [0.25, 0.3) is 0 Å². The Labute approximate surface area is 70.2 Å². The van der Waals surface area contributed by atoms with Gasteiger partial charge in [-0.1, -0.05) is 34.8 Å². The van der Waals surface area contributed by atoms with Crippen LogP contribution in [0.2, 0.25) is 0 Å². The molecule has 0 saturated carbocycles. The number of hydrogen-bond acceptors (Lipinski definition) is 1. The van der Waals surface area contributed by atoms with Gasteiger partial charge in [0.25, 0.3) is 0 Å². The predicted octanol–water partition coefficient (Wildman–Crippen LogP) is 2.89. The highest BCUT2D eigenvalue weighted by Crippen LogP contribution is 2.05. The molecule has 9 heavy (non-hydrogen) atoms. The third-order valence-corrected chi connectivity index (χ3v) is 0.742. The van der Waals surface area contributed by atoms with Crippen molar-refractivity contribution in [3.63, 3.8) is 0 Å². The maximum atomic E-state index is 8.06. The molecule has 0 fully saturated rings. The predicted molar refractivity (Wildman–Crippen MR) is 43.0 cm³/mol. The van der Waals surface area contributed by atoms with E-state index in [9.17, 15) is 0 Å². The molecule has 0 spiro atoms. The second-order valence-corrected chi connectivity index (χ2v) is 2.72. The first-order valence-corrected chi connectivity index (χ1v) is 3.49. The highest BCUT2D eigenvalue weighted by atomic mass is 35.5. The van der Waals surface area contributed by atoms with Gasteiger partial charge < -0.3 is 5.11 Å². The maximum absolute atomic E-state index is 8.06. The number of aliphatic hydroxyl groups excluding tert-OH is 1. The Morgan fingerprint density at radius 1 is 1.44 bits per heavy atom. The minimum atomic E-state index is -0.167. The topological polar surface area (TPSA) is 20.2 Å². The third kappa shape index (κ3) is 56.0. The molecule has 4 heteroatoms. The van der Waals surface area contributed by atoms with E-state index in [1.54, 1.807) is 13.8 Å². The maximum Gasteiger partial charge on any atom is 0.118 e. The molecule has 1 N–H and O–H groups in total. The summed E-state index contributed by atoms with van der Waals surface area (Å²) in [6.07, 6.45) is -0.167. The molecular formula is C5H9Cl3O. The normalized spacial score (nSPS) is 7.89. The van der Waals surface area contributed by atoms with Gasteiger partial charge in [0.1, 0.15) is 4.49 Å². The molecule has 0 saturated heterocycles. The Morgan fingerprint density at radius 3 is 1.56 bits per heavy atom. The van der Waals surface area contributed by atoms with E-state index in [2.05, 4.69) is 0 Å². The van der Waals surface area contributed by atoms with Crippen LogP contribution in [0.15, 0.2) is 10.0 Å². The molecule has 0 aromatic heterocycles. The molecule has 0 radical (unpaired) electrons. The lowest BCUT2D eigenvalue weighted by Gasteiger charge is -1.80. The van der Waals surface area contributed by atoms with Crippen molar-refractivity contribution < 1.29 is 5.11 Å². The first-order chi connectivity index (χ1) is 4.00. The minimum absolute atomic E-state index is 0.0895. The zero-order valence-electron chi connectivity index (χ0n) is 5.24. The fraction of sp³-hybridized carbons (Fsp3) is 0.600.